The second kappa shape index (κ2) is 9.58. The second-order valence-electron chi connectivity index (χ2n) is 9.44. The molecule has 0 amide bonds. The SMILES string of the molecule is CC1Cc2[nH]c3ccccc3c2C(c2c(F)cc(NC3CN(CCCF)C3)cc2F)N1CCF. The minimum absolute atomic E-state index is 0.0465. The lowest BCUT2D eigenvalue weighted by atomic mass is 9.86. The van der Waals surface area contributed by atoms with Gasteiger partial charge in [0.2, 0.25) is 0 Å². The van der Waals surface area contributed by atoms with E-state index in [9.17, 15) is 8.78 Å². The van der Waals surface area contributed by atoms with Crippen LogP contribution >= 0.6 is 0 Å². The molecule has 182 valence electrons. The molecule has 0 spiro atoms. The van der Waals surface area contributed by atoms with Gasteiger partial charge in [-0.25, -0.2) is 13.2 Å². The number of rotatable bonds is 8. The molecular formula is C26H30F4N4. The van der Waals surface area contributed by atoms with Crippen molar-refractivity contribution in [3.05, 3.63) is 64.9 Å². The molecule has 2 aromatic carbocycles. The summed E-state index contributed by atoms with van der Waals surface area (Å²) in [4.78, 5) is 7.39. The molecule has 1 fully saturated rings. The Labute approximate surface area is 196 Å². The first kappa shape index (κ1) is 23.2. The van der Waals surface area contributed by atoms with Gasteiger partial charge in [-0.1, -0.05) is 18.2 Å². The number of fused-ring (bicyclic) bond motifs is 3. The number of aromatic nitrogens is 1. The molecule has 2 unspecified atom stereocenters. The molecule has 0 bridgehead atoms. The van der Waals surface area contributed by atoms with Crippen LogP contribution in [0, 0.1) is 11.6 Å². The summed E-state index contributed by atoms with van der Waals surface area (Å²) in [5, 5.41) is 4.10. The Balaban J connectivity index is 1.48. The van der Waals surface area contributed by atoms with E-state index in [0.717, 1.165) is 22.2 Å². The smallest absolute Gasteiger partial charge is 0.133 e. The number of nitrogens with one attached hydrogen (secondary N) is 2. The van der Waals surface area contributed by atoms with Crippen molar-refractivity contribution in [1.82, 2.24) is 14.8 Å². The maximum Gasteiger partial charge on any atom is 0.133 e. The molecule has 8 heteroatoms. The molecule has 1 saturated heterocycles. The van der Waals surface area contributed by atoms with Gasteiger partial charge in [0.25, 0.3) is 0 Å². The number of hydrogen-bond donors (Lipinski definition) is 2. The molecule has 0 saturated carbocycles. The lowest BCUT2D eigenvalue weighted by Crippen LogP contribution is -2.54. The van der Waals surface area contributed by atoms with E-state index in [1.54, 1.807) is 0 Å². The van der Waals surface area contributed by atoms with Crippen molar-refractivity contribution in [3.8, 4) is 0 Å². The summed E-state index contributed by atoms with van der Waals surface area (Å²) in [5.74, 6) is -1.29. The number of hydrogen-bond acceptors (Lipinski definition) is 3. The summed E-state index contributed by atoms with van der Waals surface area (Å²) in [7, 11) is 0. The quantitative estimate of drug-likeness (QED) is 0.440. The number of nitrogens with zero attached hydrogens (tertiary/aromatic N) is 2. The Morgan fingerprint density at radius 3 is 2.44 bits per heavy atom. The predicted molar refractivity (Wildman–Crippen MR) is 127 cm³/mol. The van der Waals surface area contributed by atoms with Gasteiger partial charge in [0.05, 0.1) is 18.8 Å². The average Bonchev–Trinajstić information content (AvgIpc) is 3.14. The number of alkyl halides is 2. The van der Waals surface area contributed by atoms with E-state index in [4.69, 9.17) is 0 Å². The molecule has 2 N–H and O–H groups in total. The van der Waals surface area contributed by atoms with E-state index in [2.05, 4.69) is 15.2 Å². The summed E-state index contributed by atoms with van der Waals surface area (Å²) < 4.78 is 57.1. The van der Waals surface area contributed by atoms with Gasteiger partial charge in [0.1, 0.15) is 18.3 Å². The van der Waals surface area contributed by atoms with Gasteiger partial charge in [-0.3, -0.25) is 14.2 Å². The summed E-state index contributed by atoms with van der Waals surface area (Å²) in [6.45, 7) is 3.25. The lowest BCUT2D eigenvalue weighted by Gasteiger charge is -2.41. The van der Waals surface area contributed by atoms with Gasteiger partial charge in [0.15, 0.2) is 0 Å². The molecule has 3 aromatic rings. The van der Waals surface area contributed by atoms with Crippen molar-refractivity contribution < 1.29 is 17.6 Å². The topological polar surface area (TPSA) is 34.3 Å². The monoisotopic (exact) mass is 474 g/mol. The van der Waals surface area contributed by atoms with Crippen LogP contribution in [0.1, 0.15) is 36.2 Å². The first-order valence-corrected chi connectivity index (χ1v) is 11.9. The summed E-state index contributed by atoms with van der Waals surface area (Å²) in [6.07, 6.45) is 1.15. The van der Waals surface area contributed by atoms with Crippen LogP contribution in [0.4, 0.5) is 23.2 Å². The Hall–Kier alpha value is -2.58. The molecule has 2 aliphatic heterocycles. The van der Waals surface area contributed by atoms with Crippen molar-refractivity contribution >= 4 is 16.6 Å². The third-order valence-corrected chi connectivity index (χ3v) is 7.13. The van der Waals surface area contributed by atoms with Crippen LogP contribution in [-0.2, 0) is 6.42 Å². The van der Waals surface area contributed by atoms with Crippen LogP contribution in [0.15, 0.2) is 36.4 Å². The highest BCUT2D eigenvalue weighted by Gasteiger charge is 2.39. The van der Waals surface area contributed by atoms with Crippen LogP contribution in [-0.4, -0.2) is 66.4 Å². The van der Waals surface area contributed by atoms with Gasteiger partial charge in [-0.05, 0) is 31.5 Å². The van der Waals surface area contributed by atoms with Crippen molar-refractivity contribution in [2.75, 3.05) is 44.8 Å². The predicted octanol–water partition coefficient (Wildman–Crippen LogP) is 5.21. The highest BCUT2D eigenvalue weighted by Crippen LogP contribution is 2.43. The van der Waals surface area contributed by atoms with Gasteiger partial charge in [-0.2, -0.15) is 0 Å². The van der Waals surface area contributed by atoms with Gasteiger partial charge < -0.3 is 10.3 Å². The highest BCUT2D eigenvalue weighted by molar-refractivity contribution is 5.86. The molecule has 2 aliphatic rings. The molecule has 0 radical (unpaired) electrons. The third-order valence-electron chi connectivity index (χ3n) is 7.13. The van der Waals surface area contributed by atoms with E-state index in [1.165, 1.54) is 12.1 Å². The third kappa shape index (κ3) is 4.18. The fourth-order valence-electron chi connectivity index (χ4n) is 5.57. The van der Waals surface area contributed by atoms with Crippen LogP contribution in [0.3, 0.4) is 0 Å². The fraction of sp³-hybridized carbons (Fsp3) is 0.462. The van der Waals surface area contributed by atoms with Gasteiger partial charge >= 0.3 is 0 Å². The number of H-pyrrole nitrogens is 1. The minimum atomic E-state index is -0.723. The zero-order chi connectivity index (χ0) is 23.8. The number of para-hydroxylation sites is 1. The molecule has 4 nitrogen and oxygen atoms in total. The molecule has 2 atom stereocenters. The van der Waals surface area contributed by atoms with Crippen LogP contribution in [0.2, 0.25) is 0 Å². The van der Waals surface area contributed by atoms with E-state index in [1.807, 2.05) is 36.1 Å². The van der Waals surface area contributed by atoms with Gasteiger partial charge in [-0.15, -0.1) is 0 Å². The number of halogens is 4. The Kier molecular flexibility index (Phi) is 6.53. The number of likely N-dealkylation sites (tertiary alicyclic amines) is 1. The Bertz CT molecular complexity index is 1130. The Morgan fingerprint density at radius 1 is 1.00 bits per heavy atom. The van der Waals surface area contributed by atoms with Crippen molar-refractivity contribution in [3.63, 3.8) is 0 Å². The molecular weight excluding hydrogens is 444 g/mol. The first-order valence-electron chi connectivity index (χ1n) is 11.9. The van der Waals surface area contributed by atoms with Crippen molar-refractivity contribution in [2.24, 2.45) is 0 Å². The molecule has 5 rings (SSSR count). The first-order chi connectivity index (χ1) is 16.5. The molecule has 34 heavy (non-hydrogen) atoms. The lowest BCUT2D eigenvalue weighted by molar-refractivity contribution is 0.134. The zero-order valence-corrected chi connectivity index (χ0v) is 19.3. The number of anilines is 1. The molecule has 3 heterocycles. The summed E-state index contributed by atoms with van der Waals surface area (Å²) >= 11 is 0. The van der Waals surface area contributed by atoms with E-state index in [0.29, 0.717) is 38.2 Å². The van der Waals surface area contributed by atoms with Crippen LogP contribution in [0.25, 0.3) is 10.9 Å². The second-order valence-corrected chi connectivity index (χ2v) is 9.44. The summed E-state index contributed by atoms with van der Waals surface area (Å²) in [5.41, 5.74) is 3.01. The molecule has 0 aliphatic carbocycles. The van der Waals surface area contributed by atoms with Crippen LogP contribution < -0.4 is 5.32 Å². The van der Waals surface area contributed by atoms with Gasteiger partial charge in [0, 0.05) is 72.1 Å². The average molecular weight is 475 g/mol. The largest absolute Gasteiger partial charge is 0.380 e. The van der Waals surface area contributed by atoms with E-state index >= 15 is 8.78 Å². The van der Waals surface area contributed by atoms with Crippen molar-refractivity contribution in [1.29, 1.82) is 0 Å². The maximum absolute atomic E-state index is 15.6. The Morgan fingerprint density at radius 2 is 1.74 bits per heavy atom. The van der Waals surface area contributed by atoms with E-state index in [-0.39, 0.29) is 30.9 Å². The normalized spacial score (nSPS) is 21.6. The van der Waals surface area contributed by atoms with Crippen molar-refractivity contribution in [2.45, 2.75) is 37.9 Å². The maximum atomic E-state index is 15.6. The highest BCUT2D eigenvalue weighted by atomic mass is 19.1. The van der Waals surface area contributed by atoms with E-state index < -0.39 is 24.4 Å². The number of aromatic amines is 1. The fourth-order valence-corrected chi connectivity index (χ4v) is 5.57. The molecule has 1 aromatic heterocycles. The summed E-state index contributed by atoms with van der Waals surface area (Å²) in [6, 6.07) is 9.66. The minimum Gasteiger partial charge on any atom is -0.380 e. The standard InChI is InChI=1S/C26H30F4N4/c1-16-11-23-24(19-5-2-3-6-22(19)32-23)26(34(16)10-8-28)25-20(29)12-17(13-21(25)30)31-18-14-33(15-18)9-4-7-27/h2-3,5-6,12-13,16,18,26,31-32H,4,7-11,14-15H2,1H3. The number of benzene rings is 2. The zero-order valence-electron chi connectivity index (χ0n) is 19.3. The van der Waals surface area contributed by atoms with Crippen LogP contribution in [0.5, 0.6) is 0 Å².